The van der Waals surface area contributed by atoms with E-state index < -0.39 is 0 Å². The van der Waals surface area contributed by atoms with Gasteiger partial charge in [0.1, 0.15) is 5.75 Å². The molecule has 0 fully saturated rings. The van der Waals surface area contributed by atoms with Crippen LogP contribution in [0.2, 0.25) is 5.02 Å². The van der Waals surface area contributed by atoms with Crippen molar-refractivity contribution in [1.82, 2.24) is 5.32 Å². The standard InChI is InChI=1S/C24H22ClN3O3S/c1-15(2)31-21-8-4-6-17(14-21)23(30)28-24(32)27-20-11-9-19(10-12-20)26-22(29)16-5-3-7-18(25)13-16/h3-15H,1-2H3,(H,26,29)(H2,27,28,30,32). The smallest absolute Gasteiger partial charge is 0.257 e. The minimum atomic E-state index is -0.345. The molecule has 0 saturated carbocycles. The Morgan fingerprint density at radius 3 is 2.06 bits per heavy atom. The third kappa shape index (κ3) is 6.80. The second-order valence-electron chi connectivity index (χ2n) is 7.14. The largest absolute Gasteiger partial charge is 0.491 e. The molecule has 0 heterocycles. The molecular weight excluding hydrogens is 446 g/mol. The van der Waals surface area contributed by atoms with Crippen molar-refractivity contribution in [3.05, 3.63) is 88.9 Å². The molecule has 32 heavy (non-hydrogen) atoms. The van der Waals surface area contributed by atoms with E-state index in [0.717, 1.165) is 0 Å². The number of hydrogen-bond donors (Lipinski definition) is 3. The first-order valence-corrected chi connectivity index (χ1v) is 10.6. The molecule has 3 N–H and O–H groups in total. The number of anilines is 2. The lowest BCUT2D eigenvalue weighted by Gasteiger charge is -2.12. The molecule has 3 aromatic carbocycles. The van der Waals surface area contributed by atoms with Crippen molar-refractivity contribution < 1.29 is 14.3 Å². The summed E-state index contributed by atoms with van der Waals surface area (Å²) >= 11 is 11.2. The van der Waals surface area contributed by atoms with Crippen molar-refractivity contribution in [2.75, 3.05) is 10.6 Å². The first kappa shape index (κ1) is 23.2. The van der Waals surface area contributed by atoms with Crippen LogP contribution in [0.1, 0.15) is 34.6 Å². The Hall–Kier alpha value is -3.42. The molecule has 0 aliphatic heterocycles. The highest BCUT2D eigenvalue weighted by Crippen LogP contribution is 2.17. The Balaban J connectivity index is 1.55. The third-order valence-electron chi connectivity index (χ3n) is 4.18. The molecule has 0 radical (unpaired) electrons. The zero-order valence-corrected chi connectivity index (χ0v) is 19.1. The van der Waals surface area contributed by atoms with Crippen molar-refractivity contribution in [2.45, 2.75) is 20.0 Å². The fourth-order valence-corrected chi connectivity index (χ4v) is 3.19. The third-order valence-corrected chi connectivity index (χ3v) is 4.62. The zero-order chi connectivity index (χ0) is 23.1. The number of nitrogens with one attached hydrogen (secondary N) is 3. The van der Waals surface area contributed by atoms with Gasteiger partial charge in [0.25, 0.3) is 11.8 Å². The van der Waals surface area contributed by atoms with Gasteiger partial charge in [-0.25, -0.2) is 0 Å². The molecule has 8 heteroatoms. The predicted octanol–water partition coefficient (Wildman–Crippen LogP) is 5.51. The molecule has 0 atom stereocenters. The highest BCUT2D eigenvalue weighted by atomic mass is 35.5. The maximum absolute atomic E-state index is 12.5. The Morgan fingerprint density at radius 2 is 1.44 bits per heavy atom. The molecule has 2 amide bonds. The summed E-state index contributed by atoms with van der Waals surface area (Å²) in [5.41, 5.74) is 2.17. The number of rotatable bonds is 6. The highest BCUT2D eigenvalue weighted by Gasteiger charge is 2.10. The van der Waals surface area contributed by atoms with E-state index in [-0.39, 0.29) is 23.0 Å². The van der Waals surface area contributed by atoms with E-state index in [0.29, 0.717) is 33.3 Å². The number of benzene rings is 3. The molecule has 0 unspecified atom stereocenters. The maximum Gasteiger partial charge on any atom is 0.257 e. The van der Waals surface area contributed by atoms with Crippen LogP contribution < -0.4 is 20.7 Å². The zero-order valence-electron chi connectivity index (χ0n) is 17.5. The monoisotopic (exact) mass is 467 g/mol. The summed E-state index contributed by atoms with van der Waals surface area (Å²) in [5.74, 6) is 0.00344. The van der Waals surface area contributed by atoms with Crippen LogP contribution in [0.25, 0.3) is 0 Å². The molecule has 0 bridgehead atoms. The summed E-state index contributed by atoms with van der Waals surface area (Å²) in [6.07, 6.45) is 0.00861. The van der Waals surface area contributed by atoms with Crippen LogP contribution in [0.3, 0.4) is 0 Å². The minimum absolute atomic E-state index is 0.00861. The second-order valence-corrected chi connectivity index (χ2v) is 7.99. The van der Waals surface area contributed by atoms with Gasteiger partial charge in [0.05, 0.1) is 6.10 Å². The van der Waals surface area contributed by atoms with Crippen molar-refractivity contribution >= 4 is 52.1 Å². The number of thiocarbonyl (C=S) groups is 1. The van der Waals surface area contributed by atoms with Gasteiger partial charge in [-0.05, 0) is 86.7 Å². The maximum atomic E-state index is 12.5. The van der Waals surface area contributed by atoms with Gasteiger partial charge in [-0.2, -0.15) is 0 Å². The van der Waals surface area contributed by atoms with Gasteiger partial charge in [0.15, 0.2) is 5.11 Å². The van der Waals surface area contributed by atoms with Crippen molar-refractivity contribution in [3.8, 4) is 5.75 Å². The number of carbonyl (C=O) groups is 2. The molecule has 3 rings (SSSR count). The molecular formula is C24H22ClN3O3S. The lowest BCUT2D eigenvalue weighted by molar-refractivity contribution is 0.0975. The van der Waals surface area contributed by atoms with Crippen LogP contribution in [0.5, 0.6) is 5.75 Å². The lowest BCUT2D eigenvalue weighted by Crippen LogP contribution is -2.34. The van der Waals surface area contributed by atoms with Crippen molar-refractivity contribution in [3.63, 3.8) is 0 Å². The molecule has 6 nitrogen and oxygen atoms in total. The highest BCUT2D eigenvalue weighted by molar-refractivity contribution is 7.80. The van der Waals surface area contributed by atoms with E-state index in [4.69, 9.17) is 28.6 Å². The number of hydrogen-bond acceptors (Lipinski definition) is 4. The quantitative estimate of drug-likeness (QED) is 0.417. The second kappa shape index (κ2) is 10.7. The average Bonchev–Trinajstić information content (AvgIpc) is 2.74. The number of carbonyl (C=O) groups excluding carboxylic acids is 2. The van der Waals surface area contributed by atoms with E-state index in [9.17, 15) is 9.59 Å². The SMILES string of the molecule is CC(C)Oc1cccc(C(=O)NC(=S)Nc2ccc(NC(=O)c3cccc(Cl)c3)cc2)c1. The van der Waals surface area contributed by atoms with Gasteiger partial charge in [0, 0.05) is 27.5 Å². The Bertz CT molecular complexity index is 1130. The summed E-state index contributed by atoms with van der Waals surface area (Å²) in [4.78, 5) is 24.8. The topological polar surface area (TPSA) is 79.5 Å². The van der Waals surface area contributed by atoms with Gasteiger partial charge in [-0.1, -0.05) is 23.7 Å². The van der Waals surface area contributed by atoms with Crippen LogP contribution in [-0.4, -0.2) is 23.0 Å². The molecule has 0 spiro atoms. The molecule has 0 saturated heterocycles. The Kier molecular flexibility index (Phi) is 7.81. The Morgan fingerprint density at radius 1 is 0.844 bits per heavy atom. The Labute approximate surface area is 196 Å². The van der Waals surface area contributed by atoms with Gasteiger partial charge < -0.3 is 15.4 Å². The number of amides is 2. The summed E-state index contributed by atoms with van der Waals surface area (Å²) in [6, 6.07) is 20.5. The van der Waals surface area contributed by atoms with Crippen molar-refractivity contribution in [2.24, 2.45) is 0 Å². The molecule has 164 valence electrons. The van der Waals surface area contributed by atoms with Crippen LogP contribution >= 0.6 is 23.8 Å². The predicted molar refractivity (Wildman–Crippen MR) is 132 cm³/mol. The van der Waals surface area contributed by atoms with E-state index >= 15 is 0 Å². The lowest BCUT2D eigenvalue weighted by atomic mass is 10.2. The van der Waals surface area contributed by atoms with E-state index in [2.05, 4.69) is 16.0 Å². The summed E-state index contributed by atoms with van der Waals surface area (Å²) in [6.45, 7) is 3.83. The molecule has 3 aromatic rings. The first-order chi connectivity index (χ1) is 15.3. The number of halogens is 1. The van der Waals surface area contributed by atoms with Gasteiger partial charge in [-0.15, -0.1) is 0 Å². The molecule has 0 aromatic heterocycles. The van der Waals surface area contributed by atoms with Gasteiger partial charge in [-0.3, -0.25) is 14.9 Å². The minimum Gasteiger partial charge on any atom is -0.491 e. The summed E-state index contributed by atoms with van der Waals surface area (Å²) in [7, 11) is 0. The summed E-state index contributed by atoms with van der Waals surface area (Å²) < 4.78 is 5.61. The van der Waals surface area contributed by atoms with Crippen LogP contribution in [-0.2, 0) is 0 Å². The number of ether oxygens (including phenoxy) is 1. The van der Waals surface area contributed by atoms with Gasteiger partial charge in [0.2, 0.25) is 0 Å². The van der Waals surface area contributed by atoms with Gasteiger partial charge >= 0.3 is 0 Å². The fraction of sp³-hybridized carbons (Fsp3) is 0.125. The van der Waals surface area contributed by atoms with Crippen LogP contribution in [0, 0.1) is 0 Å². The first-order valence-electron chi connectivity index (χ1n) is 9.86. The molecule has 0 aliphatic carbocycles. The normalized spacial score (nSPS) is 10.4. The fourth-order valence-electron chi connectivity index (χ4n) is 2.79. The summed E-state index contributed by atoms with van der Waals surface area (Å²) in [5, 5.41) is 9.03. The van der Waals surface area contributed by atoms with E-state index in [1.165, 1.54) is 0 Å². The van der Waals surface area contributed by atoms with Crippen LogP contribution in [0.4, 0.5) is 11.4 Å². The van der Waals surface area contributed by atoms with Crippen LogP contribution in [0.15, 0.2) is 72.8 Å². The van der Waals surface area contributed by atoms with Crippen molar-refractivity contribution in [1.29, 1.82) is 0 Å². The van der Waals surface area contributed by atoms with E-state index in [1.54, 1.807) is 72.8 Å². The molecule has 0 aliphatic rings. The average molecular weight is 468 g/mol. The van der Waals surface area contributed by atoms with E-state index in [1.807, 2.05) is 13.8 Å².